The molecule has 58 heavy (non-hydrogen) atoms. The molecule has 2 heteroatoms. The zero-order valence-electron chi connectivity index (χ0n) is 33.8. The second kappa shape index (κ2) is 14.5. The van der Waals surface area contributed by atoms with Gasteiger partial charge in [-0.05, 0) is 124 Å². The lowest BCUT2D eigenvalue weighted by Crippen LogP contribution is -2.33. The van der Waals surface area contributed by atoms with Crippen molar-refractivity contribution < 1.29 is 0 Å². The Morgan fingerprint density at radius 1 is 0.466 bits per heavy atom. The SMILES string of the molecule is CC1CCCC(c2ccc(N(c3ccccc3)c3ccc4c(c3)C(C)(C)c3ccccc3-4)cc2)(c2ccc(N(c3ccccc3)c3cccc4ccccc34)cc2)C1. The van der Waals surface area contributed by atoms with Gasteiger partial charge in [0.2, 0.25) is 0 Å². The highest BCUT2D eigenvalue weighted by Gasteiger charge is 2.39. The Hall–Kier alpha value is -6.38. The van der Waals surface area contributed by atoms with Crippen LogP contribution in [-0.4, -0.2) is 0 Å². The van der Waals surface area contributed by atoms with E-state index in [0.717, 1.165) is 24.2 Å². The van der Waals surface area contributed by atoms with Crippen LogP contribution in [0.15, 0.2) is 194 Å². The Balaban J connectivity index is 1.04. The number of hydrogen-bond acceptors (Lipinski definition) is 2. The minimum atomic E-state index is -0.0687. The molecule has 0 spiro atoms. The van der Waals surface area contributed by atoms with Crippen LogP contribution in [0.1, 0.15) is 68.7 Å². The fourth-order valence-electron chi connectivity index (χ4n) is 10.4. The summed E-state index contributed by atoms with van der Waals surface area (Å²) >= 11 is 0. The van der Waals surface area contributed by atoms with E-state index in [2.05, 4.69) is 225 Å². The predicted molar refractivity (Wildman–Crippen MR) is 246 cm³/mol. The van der Waals surface area contributed by atoms with E-state index in [4.69, 9.17) is 0 Å². The minimum absolute atomic E-state index is 0.0628. The molecule has 0 N–H and O–H groups in total. The molecule has 8 aromatic carbocycles. The van der Waals surface area contributed by atoms with Crippen LogP contribution in [0.4, 0.5) is 34.1 Å². The van der Waals surface area contributed by atoms with Crippen LogP contribution in [0.2, 0.25) is 0 Å². The van der Waals surface area contributed by atoms with E-state index in [0.29, 0.717) is 5.92 Å². The van der Waals surface area contributed by atoms with Gasteiger partial charge in [0.15, 0.2) is 0 Å². The predicted octanol–water partition coefficient (Wildman–Crippen LogP) is 15.6. The van der Waals surface area contributed by atoms with Gasteiger partial charge in [-0.1, -0.05) is 161 Å². The number of rotatable bonds is 8. The summed E-state index contributed by atoms with van der Waals surface area (Å²) in [4.78, 5) is 4.84. The molecule has 0 aromatic heterocycles. The van der Waals surface area contributed by atoms with Crippen molar-refractivity contribution in [2.75, 3.05) is 9.80 Å². The van der Waals surface area contributed by atoms with Crippen molar-refractivity contribution in [2.45, 2.75) is 57.3 Å². The average molecular weight is 751 g/mol. The van der Waals surface area contributed by atoms with Gasteiger partial charge in [0.05, 0.1) is 5.69 Å². The summed E-state index contributed by atoms with van der Waals surface area (Å²) in [6.45, 7) is 7.17. The van der Waals surface area contributed by atoms with E-state index >= 15 is 0 Å². The lowest BCUT2D eigenvalue weighted by Gasteiger charge is -2.42. The van der Waals surface area contributed by atoms with Gasteiger partial charge >= 0.3 is 0 Å². The molecule has 284 valence electrons. The molecule has 0 bridgehead atoms. The van der Waals surface area contributed by atoms with Crippen LogP contribution in [0, 0.1) is 5.92 Å². The summed E-state index contributed by atoms with van der Waals surface area (Å²) < 4.78 is 0. The molecule has 0 aliphatic heterocycles. The maximum Gasteiger partial charge on any atom is 0.0540 e. The van der Waals surface area contributed by atoms with Crippen molar-refractivity contribution in [1.82, 2.24) is 0 Å². The number of anilines is 6. The van der Waals surface area contributed by atoms with Crippen LogP contribution in [0.5, 0.6) is 0 Å². The Labute approximate surface area is 344 Å². The lowest BCUT2D eigenvalue weighted by molar-refractivity contribution is 0.272. The van der Waals surface area contributed by atoms with Crippen LogP contribution in [0.25, 0.3) is 21.9 Å². The van der Waals surface area contributed by atoms with Gasteiger partial charge in [0, 0.05) is 44.7 Å². The number of para-hydroxylation sites is 2. The molecule has 2 nitrogen and oxygen atoms in total. The van der Waals surface area contributed by atoms with Crippen molar-refractivity contribution in [3.8, 4) is 11.1 Å². The first-order chi connectivity index (χ1) is 28.4. The van der Waals surface area contributed by atoms with E-state index in [9.17, 15) is 0 Å². The highest BCUT2D eigenvalue weighted by Crippen LogP contribution is 2.52. The van der Waals surface area contributed by atoms with Gasteiger partial charge in [-0.3, -0.25) is 0 Å². The largest absolute Gasteiger partial charge is 0.310 e. The molecular weight excluding hydrogens is 701 g/mol. The first kappa shape index (κ1) is 36.0. The normalized spacial score (nSPS) is 18.0. The maximum atomic E-state index is 2.44. The summed E-state index contributed by atoms with van der Waals surface area (Å²) in [5.74, 6) is 0.643. The van der Waals surface area contributed by atoms with E-state index in [1.165, 1.54) is 79.7 Å². The van der Waals surface area contributed by atoms with Gasteiger partial charge < -0.3 is 9.80 Å². The second-order valence-corrected chi connectivity index (χ2v) is 17.1. The quantitative estimate of drug-likeness (QED) is 0.153. The number of benzene rings is 8. The lowest BCUT2D eigenvalue weighted by atomic mass is 9.62. The summed E-state index contributed by atoms with van der Waals surface area (Å²) in [6, 6.07) is 72.1. The topological polar surface area (TPSA) is 6.48 Å². The Morgan fingerprint density at radius 3 is 1.69 bits per heavy atom. The third kappa shape index (κ3) is 6.10. The second-order valence-electron chi connectivity index (χ2n) is 17.1. The average Bonchev–Trinajstić information content (AvgIpc) is 3.50. The highest BCUT2D eigenvalue weighted by atomic mass is 15.1. The smallest absolute Gasteiger partial charge is 0.0540 e. The Bertz CT molecular complexity index is 2710. The highest BCUT2D eigenvalue weighted by molar-refractivity contribution is 5.99. The fourth-order valence-corrected chi connectivity index (χ4v) is 10.4. The van der Waals surface area contributed by atoms with Crippen molar-refractivity contribution in [1.29, 1.82) is 0 Å². The van der Waals surface area contributed by atoms with Gasteiger partial charge in [0.1, 0.15) is 0 Å². The molecule has 0 amide bonds. The van der Waals surface area contributed by atoms with Crippen LogP contribution in [-0.2, 0) is 10.8 Å². The van der Waals surface area contributed by atoms with E-state index < -0.39 is 0 Å². The molecule has 2 atom stereocenters. The van der Waals surface area contributed by atoms with Gasteiger partial charge in [0.25, 0.3) is 0 Å². The van der Waals surface area contributed by atoms with Crippen molar-refractivity contribution in [3.63, 3.8) is 0 Å². The van der Waals surface area contributed by atoms with Crippen molar-refractivity contribution in [2.24, 2.45) is 5.92 Å². The minimum Gasteiger partial charge on any atom is -0.310 e. The molecular formula is C56H50N2. The summed E-state index contributed by atoms with van der Waals surface area (Å²) in [7, 11) is 0. The Kier molecular flexibility index (Phi) is 9.02. The zero-order chi connectivity index (χ0) is 39.3. The number of fused-ring (bicyclic) bond motifs is 4. The van der Waals surface area contributed by atoms with Crippen LogP contribution in [0.3, 0.4) is 0 Å². The summed E-state index contributed by atoms with van der Waals surface area (Å²) in [6.07, 6.45) is 4.78. The summed E-state index contributed by atoms with van der Waals surface area (Å²) in [5.41, 5.74) is 15.2. The maximum absolute atomic E-state index is 2.44. The van der Waals surface area contributed by atoms with Gasteiger partial charge in [-0.2, -0.15) is 0 Å². The third-order valence-electron chi connectivity index (χ3n) is 13.2. The van der Waals surface area contributed by atoms with Crippen molar-refractivity contribution in [3.05, 3.63) is 216 Å². The van der Waals surface area contributed by atoms with E-state index in [-0.39, 0.29) is 10.8 Å². The molecule has 1 fully saturated rings. The fraction of sp³-hybridized carbons (Fsp3) is 0.179. The molecule has 2 aliphatic rings. The monoisotopic (exact) mass is 750 g/mol. The molecule has 2 unspecified atom stereocenters. The molecule has 8 aromatic rings. The van der Waals surface area contributed by atoms with Gasteiger partial charge in [-0.15, -0.1) is 0 Å². The summed E-state index contributed by atoms with van der Waals surface area (Å²) in [5, 5.41) is 2.49. The molecule has 1 saturated carbocycles. The number of hydrogen-bond donors (Lipinski definition) is 0. The Morgan fingerprint density at radius 2 is 1.00 bits per heavy atom. The van der Waals surface area contributed by atoms with E-state index in [1.807, 2.05) is 0 Å². The van der Waals surface area contributed by atoms with Crippen LogP contribution < -0.4 is 9.80 Å². The molecule has 0 saturated heterocycles. The molecule has 10 rings (SSSR count). The first-order valence-corrected chi connectivity index (χ1v) is 21.0. The standard InChI is InChI=1S/C56H50N2/c1-40-16-15-37-56(39-40,43-29-33-47(34-30-43)58(45-21-8-5-9-22-45)54-26-14-18-41-17-10-11-23-49(41)54)42-27-31-46(32-28-42)57(44-19-6-4-7-20-44)48-35-36-51-50-24-12-13-25-52(50)55(2,3)53(51)38-48/h4-14,17-36,38,40H,15-16,37,39H2,1-3H3. The van der Waals surface area contributed by atoms with E-state index in [1.54, 1.807) is 0 Å². The molecule has 0 heterocycles. The van der Waals surface area contributed by atoms with Gasteiger partial charge in [-0.25, -0.2) is 0 Å². The molecule has 0 radical (unpaired) electrons. The number of nitrogens with zero attached hydrogens (tertiary/aromatic N) is 2. The van der Waals surface area contributed by atoms with Crippen LogP contribution >= 0.6 is 0 Å². The van der Waals surface area contributed by atoms with Crippen molar-refractivity contribution >= 4 is 44.9 Å². The molecule has 2 aliphatic carbocycles. The zero-order valence-corrected chi connectivity index (χ0v) is 33.8. The third-order valence-corrected chi connectivity index (χ3v) is 13.2. The first-order valence-electron chi connectivity index (χ1n) is 21.0.